The van der Waals surface area contributed by atoms with Gasteiger partial charge >= 0.3 is 6.09 Å². The highest BCUT2D eigenvalue weighted by atomic mass is 19.1. The predicted octanol–water partition coefficient (Wildman–Crippen LogP) is 8.21. The molecule has 3 aromatic carbocycles. The van der Waals surface area contributed by atoms with Gasteiger partial charge in [-0.1, -0.05) is 66.7 Å². The lowest BCUT2D eigenvalue weighted by Gasteiger charge is -2.29. The van der Waals surface area contributed by atoms with Gasteiger partial charge in [-0.3, -0.25) is 0 Å². The summed E-state index contributed by atoms with van der Waals surface area (Å²) in [6.07, 6.45) is 1.67. The topological polar surface area (TPSA) is 60.9 Å². The summed E-state index contributed by atoms with van der Waals surface area (Å²) in [7, 11) is 0. The number of halogens is 2. The predicted molar refractivity (Wildman–Crippen MR) is 162 cm³/mol. The highest BCUT2D eigenvalue weighted by Gasteiger charge is 2.25. The monoisotopic (exact) mass is 584 g/mol. The van der Waals surface area contributed by atoms with Crippen LogP contribution < -0.4 is 9.47 Å². The number of ether oxygens (including phenoxy) is 3. The largest absolute Gasteiger partial charge is 0.473 e. The van der Waals surface area contributed by atoms with Crippen molar-refractivity contribution in [2.24, 2.45) is 0 Å². The average molecular weight is 585 g/mol. The van der Waals surface area contributed by atoms with E-state index in [9.17, 15) is 4.79 Å². The van der Waals surface area contributed by atoms with Crippen molar-refractivity contribution in [1.29, 1.82) is 0 Å². The molecule has 0 radical (unpaired) electrons. The van der Waals surface area contributed by atoms with Crippen molar-refractivity contribution in [1.82, 2.24) is 9.88 Å². The minimum Gasteiger partial charge on any atom is -0.473 e. The molecular weight excluding hydrogens is 550 g/mol. The highest BCUT2D eigenvalue weighted by molar-refractivity contribution is 5.76. The molecule has 0 atom stereocenters. The summed E-state index contributed by atoms with van der Waals surface area (Å²) in [5, 5.41) is 0. The van der Waals surface area contributed by atoms with Gasteiger partial charge in [0.15, 0.2) is 0 Å². The Morgan fingerprint density at radius 2 is 1.42 bits per heavy atom. The van der Waals surface area contributed by atoms with Crippen LogP contribution in [0.5, 0.6) is 11.8 Å². The van der Waals surface area contributed by atoms with Gasteiger partial charge in [-0.2, -0.15) is 4.98 Å². The number of amides is 1. The van der Waals surface area contributed by atoms with Crippen LogP contribution in [0.15, 0.2) is 91.0 Å². The molecule has 8 heteroatoms. The minimum atomic E-state index is -0.615. The van der Waals surface area contributed by atoms with Crippen LogP contribution in [0.25, 0.3) is 16.7 Å². The Bertz CT molecular complexity index is 1600. The molecule has 4 aromatic rings. The zero-order chi connectivity index (χ0) is 30.4. The molecule has 1 aliphatic heterocycles. The van der Waals surface area contributed by atoms with Gasteiger partial charge < -0.3 is 19.1 Å². The first-order valence-electron chi connectivity index (χ1n) is 14.2. The van der Waals surface area contributed by atoms with Crippen molar-refractivity contribution < 1.29 is 27.8 Å². The van der Waals surface area contributed by atoms with Crippen molar-refractivity contribution in [3.8, 4) is 22.9 Å². The van der Waals surface area contributed by atoms with Gasteiger partial charge in [0, 0.05) is 35.8 Å². The summed E-state index contributed by atoms with van der Waals surface area (Å²) >= 11 is 0. The van der Waals surface area contributed by atoms with Crippen molar-refractivity contribution in [2.45, 2.75) is 46.0 Å². The smallest absolute Gasteiger partial charge is 0.410 e. The summed E-state index contributed by atoms with van der Waals surface area (Å²) in [5.74, 6) is -0.761. The van der Waals surface area contributed by atoms with Gasteiger partial charge in [-0.15, -0.1) is 0 Å². The summed E-state index contributed by atoms with van der Waals surface area (Å²) in [6, 6.07) is 24.8. The van der Waals surface area contributed by atoms with Gasteiger partial charge in [0.25, 0.3) is 0 Å². The van der Waals surface area contributed by atoms with E-state index < -0.39 is 23.3 Å². The second-order valence-corrected chi connectivity index (χ2v) is 11.3. The second kappa shape index (κ2) is 13.1. The van der Waals surface area contributed by atoms with Crippen LogP contribution >= 0.6 is 0 Å². The number of nitrogens with zero attached hydrogens (tertiary/aromatic N) is 2. The molecule has 2 heterocycles. The Morgan fingerprint density at radius 1 is 0.814 bits per heavy atom. The molecule has 222 valence electrons. The SMILES string of the molecule is CC(C)(C)OC(=O)N1CC=C(c2cc(F)c(-c3ccc(OCc4ccccc4)nc3OCc3ccccc3)cc2F)CC1. The van der Waals surface area contributed by atoms with Crippen molar-refractivity contribution in [3.05, 3.63) is 119 Å². The van der Waals surface area contributed by atoms with E-state index in [-0.39, 0.29) is 30.2 Å². The number of carbonyl (C=O) groups is 1. The van der Waals surface area contributed by atoms with E-state index in [1.807, 2.05) is 60.7 Å². The van der Waals surface area contributed by atoms with E-state index in [1.54, 1.807) is 43.9 Å². The van der Waals surface area contributed by atoms with Crippen LogP contribution in [0, 0.1) is 11.6 Å². The quantitative estimate of drug-likeness (QED) is 0.209. The molecule has 0 unspecified atom stereocenters. The van der Waals surface area contributed by atoms with Gasteiger partial charge in [-0.05, 0) is 62.1 Å². The Hall–Kier alpha value is -4.72. The normalized spacial score (nSPS) is 13.3. The van der Waals surface area contributed by atoms with Crippen LogP contribution in [0.2, 0.25) is 0 Å². The van der Waals surface area contributed by atoms with Crippen LogP contribution in [-0.2, 0) is 18.0 Å². The molecule has 0 fully saturated rings. The lowest BCUT2D eigenvalue weighted by Crippen LogP contribution is -2.39. The summed E-state index contributed by atoms with van der Waals surface area (Å²) in [4.78, 5) is 18.5. The van der Waals surface area contributed by atoms with Crippen LogP contribution in [0.1, 0.15) is 43.9 Å². The molecule has 5 rings (SSSR count). The van der Waals surface area contributed by atoms with E-state index in [1.165, 1.54) is 12.1 Å². The molecule has 0 bridgehead atoms. The molecule has 0 aliphatic carbocycles. The maximum Gasteiger partial charge on any atom is 0.410 e. The van der Waals surface area contributed by atoms with E-state index >= 15 is 8.78 Å². The Kier molecular flexibility index (Phi) is 9.04. The van der Waals surface area contributed by atoms with Crippen LogP contribution in [0.4, 0.5) is 13.6 Å². The van der Waals surface area contributed by atoms with E-state index in [0.717, 1.165) is 11.1 Å². The highest BCUT2D eigenvalue weighted by Crippen LogP contribution is 2.36. The summed E-state index contributed by atoms with van der Waals surface area (Å²) < 4.78 is 48.6. The first kappa shape index (κ1) is 29.8. The Morgan fingerprint density at radius 3 is 2.02 bits per heavy atom. The standard InChI is InChI=1S/C35H34F2N2O4/c1-35(2,3)43-34(40)39-18-16-26(17-19-39)28-20-31(37)29(21-30(28)36)27-14-15-32(41-22-24-10-6-4-7-11-24)38-33(27)42-23-25-12-8-5-9-13-25/h4-16,20-21H,17-19,22-23H2,1-3H3. The first-order chi connectivity index (χ1) is 20.7. The van der Waals surface area contributed by atoms with Crippen LogP contribution in [0.3, 0.4) is 0 Å². The molecule has 0 N–H and O–H groups in total. The molecule has 1 amide bonds. The number of hydrogen-bond donors (Lipinski definition) is 0. The number of aromatic nitrogens is 1. The van der Waals surface area contributed by atoms with Gasteiger partial charge in [0.05, 0.1) is 0 Å². The van der Waals surface area contributed by atoms with Crippen molar-refractivity contribution in [2.75, 3.05) is 13.1 Å². The Labute approximate surface area is 250 Å². The number of hydrogen-bond acceptors (Lipinski definition) is 5. The molecule has 43 heavy (non-hydrogen) atoms. The van der Waals surface area contributed by atoms with Gasteiger partial charge in [0.2, 0.25) is 11.8 Å². The number of benzene rings is 3. The zero-order valence-electron chi connectivity index (χ0n) is 24.5. The molecule has 0 spiro atoms. The number of pyridine rings is 1. The van der Waals surface area contributed by atoms with E-state index in [4.69, 9.17) is 14.2 Å². The lowest BCUT2D eigenvalue weighted by atomic mass is 9.95. The number of rotatable bonds is 8. The fraction of sp³-hybridized carbons (Fsp3) is 0.257. The molecule has 1 aromatic heterocycles. The summed E-state index contributed by atoms with van der Waals surface area (Å²) in [5.41, 5.74) is 2.38. The molecular formula is C35H34F2N2O4. The lowest BCUT2D eigenvalue weighted by molar-refractivity contribution is 0.0270. The fourth-order valence-electron chi connectivity index (χ4n) is 4.68. The first-order valence-corrected chi connectivity index (χ1v) is 14.2. The van der Waals surface area contributed by atoms with Crippen molar-refractivity contribution >= 4 is 11.7 Å². The van der Waals surface area contributed by atoms with Gasteiger partial charge in [0.1, 0.15) is 30.4 Å². The second-order valence-electron chi connectivity index (χ2n) is 11.3. The molecule has 1 aliphatic rings. The molecule has 0 saturated heterocycles. The zero-order valence-corrected chi connectivity index (χ0v) is 24.5. The van der Waals surface area contributed by atoms with E-state index in [0.29, 0.717) is 36.6 Å². The summed E-state index contributed by atoms with van der Waals surface area (Å²) in [6.45, 7) is 6.47. The third-order valence-electron chi connectivity index (χ3n) is 6.84. The maximum absolute atomic E-state index is 15.7. The Balaban J connectivity index is 1.39. The molecule has 6 nitrogen and oxygen atoms in total. The fourth-order valence-corrected chi connectivity index (χ4v) is 4.68. The van der Waals surface area contributed by atoms with Crippen molar-refractivity contribution in [3.63, 3.8) is 0 Å². The number of carbonyl (C=O) groups excluding carboxylic acids is 1. The third-order valence-corrected chi connectivity index (χ3v) is 6.84. The maximum atomic E-state index is 15.7. The third kappa shape index (κ3) is 7.77. The van der Waals surface area contributed by atoms with Crippen LogP contribution in [-0.4, -0.2) is 34.7 Å². The van der Waals surface area contributed by atoms with E-state index in [2.05, 4.69) is 4.98 Å². The van der Waals surface area contributed by atoms with Gasteiger partial charge in [-0.25, -0.2) is 13.6 Å². The minimum absolute atomic E-state index is 0.0261. The molecule has 0 saturated carbocycles. The average Bonchev–Trinajstić information content (AvgIpc) is 3.00.